The maximum Gasteiger partial charge on any atom is 1.00 e. The Labute approximate surface area is 88.7 Å². The second kappa shape index (κ2) is 7.57. The second-order valence-electron chi connectivity index (χ2n) is 1.06. The van der Waals surface area contributed by atoms with Crippen LogP contribution in [0.15, 0.2) is 0 Å². The Morgan fingerprint density at radius 3 is 1.08 bits per heavy atom. The standard InChI is InChI=1S/Na.H4O7P2.H2O2/c;1-8(2,3)7-9(4,5)6;1-2/h;(H2,1,2,3)(H2,4,5,6);1-2H/q+1;;/p-1. The summed E-state index contributed by atoms with van der Waals surface area (Å²) >= 11 is 0. The third kappa shape index (κ3) is 22.5. The van der Waals surface area contributed by atoms with Gasteiger partial charge in [0.2, 0.25) is 0 Å². The Hall–Kier alpha value is 1.18. The summed E-state index contributed by atoms with van der Waals surface area (Å²) < 4.78 is 22.2. The van der Waals surface area contributed by atoms with Crippen LogP contribution >= 0.6 is 15.6 Å². The number of hydrogen-bond acceptors (Lipinski definition) is 5. The third-order valence-corrected chi connectivity index (χ3v) is 1.91. The summed E-state index contributed by atoms with van der Waals surface area (Å²) in [6.07, 6.45) is 0. The molecule has 0 aromatic rings. The minimum absolute atomic E-state index is 0. The van der Waals surface area contributed by atoms with Crippen LogP contribution in [-0.4, -0.2) is 24.8 Å². The van der Waals surface area contributed by atoms with E-state index < -0.39 is 15.6 Å². The molecule has 0 fully saturated rings. The van der Waals surface area contributed by atoms with Crippen molar-refractivity contribution in [3.05, 3.63) is 0 Å². The Morgan fingerprint density at radius 1 is 0.917 bits per heavy atom. The molecule has 9 nitrogen and oxygen atoms in total. The zero-order chi connectivity index (χ0) is 9.71. The molecule has 5 N–H and O–H groups in total. The monoisotopic (exact) mass is 234 g/mol. The van der Waals surface area contributed by atoms with Crippen LogP contribution in [0.25, 0.3) is 0 Å². The summed E-state index contributed by atoms with van der Waals surface area (Å²) in [7, 11) is -10.1. The molecule has 0 bridgehead atoms. The van der Waals surface area contributed by atoms with E-state index in [2.05, 4.69) is 4.31 Å². The van der Waals surface area contributed by atoms with Gasteiger partial charge < -0.3 is 30.1 Å². The van der Waals surface area contributed by atoms with Crippen LogP contribution < -0.4 is 34.8 Å². The molecule has 0 aliphatic rings. The fourth-order valence-corrected chi connectivity index (χ4v) is 1.25. The average molecular weight is 234 g/mol. The van der Waals surface area contributed by atoms with Crippen LogP contribution in [0.3, 0.4) is 0 Å². The van der Waals surface area contributed by atoms with E-state index in [-0.39, 0.29) is 29.6 Å². The zero-order valence-electron chi connectivity index (χ0n) is 5.76. The topological polar surface area (TPSA) is 168 Å². The zero-order valence-corrected chi connectivity index (χ0v) is 9.55. The molecule has 0 saturated heterocycles. The van der Waals surface area contributed by atoms with Gasteiger partial charge in [-0.2, -0.15) is 4.31 Å². The van der Waals surface area contributed by atoms with Gasteiger partial charge in [-0.05, 0) is 0 Å². The van der Waals surface area contributed by atoms with Gasteiger partial charge in [0.05, 0.1) is 0 Å². The van der Waals surface area contributed by atoms with E-state index in [1.807, 2.05) is 0 Å². The average Bonchev–Trinajstić information content (AvgIpc) is 1.60. The molecule has 0 aromatic carbocycles. The minimum Gasteiger partial charge on any atom is -0.727 e. The molecule has 12 heteroatoms. The summed E-state index contributed by atoms with van der Waals surface area (Å²) in [6.45, 7) is 0. The van der Waals surface area contributed by atoms with Crippen molar-refractivity contribution in [3.63, 3.8) is 0 Å². The normalized spacial score (nSPS) is 10.8. The first-order chi connectivity index (χ1) is 4.71. The van der Waals surface area contributed by atoms with Crippen LogP contribution in [0.1, 0.15) is 0 Å². The smallest absolute Gasteiger partial charge is 0.727 e. The first-order valence-corrected chi connectivity index (χ1v) is 4.77. The molecule has 0 unspecified atom stereocenters. The van der Waals surface area contributed by atoms with Gasteiger partial charge in [0.1, 0.15) is 0 Å². The van der Waals surface area contributed by atoms with Crippen molar-refractivity contribution in [1.82, 2.24) is 0 Å². The maximum absolute atomic E-state index is 9.63. The summed E-state index contributed by atoms with van der Waals surface area (Å²) in [5.41, 5.74) is 0. The molecular formula is H5NaO9P2. The summed E-state index contributed by atoms with van der Waals surface area (Å²) in [6, 6.07) is 0. The minimum atomic E-state index is -5.05. The SMILES string of the molecule is O=P(O)(O)OP(=O)(O)O.[Na+].[O-]O. The van der Waals surface area contributed by atoms with E-state index in [1.165, 1.54) is 0 Å². The van der Waals surface area contributed by atoms with Gasteiger partial charge >= 0.3 is 45.2 Å². The quantitative estimate of drug-likeness (QED) is 0.136. The van der Waals surface area contributed by atoms with Gasteiger partial charge in [-0.25, -0.2) is 9.13 Å². The number of rotatable bonds is 2. The first kappa shape index (κ1) is 18.9. The Kier molecular flexibility index (Phi) is 11.9. The molecule has 0 heterocycles. The largest absolute Gasteiger partial charge is 1.00 e. The number of hydrogen-bond donors (Lipinski definition) is 5. The first-order valence-electron chi connectivity index (χ1n) is 1.71. The van der Waals surface area contributed by atoms with E-state index >= 15 is 0 Å². The van der Waals surface area contributed by atoms with E-state index in [0.29, 0.717) is 0 Å². The molecule has 0 aromatic heterocycles. The Morgan fingerprint density at radius 2 is 1.08 bits per heavy atom. The molecular weight excluding hydrogens is 229 g/mol. The molecule has 0 aliphatic carbocycles. The van der Waals surface area contributed by atoms with Gasteiger partial charge in [0, 0.05) is 0 Å². The summed E-state index contributed by atoms with van der Waals surface area (Å²) in [5.74, 6) is 0. The van der Waals surface area contributed by atoms with E-state index in [0.717, 1.165) is 0 Å². The Balaban J connectivity index is -0.000000249. The maximum atomic E-state index is 9.63. The third-order valence-electron chi connectivity index (χ3n) is 0.213. The van der Waals surface area contributed by atoms with E-state index in [1.54, 1.807) is 0 Å². The van der Waals surface area contributed by atoms with Crippen molar-refractivity contribution in [2.45, 2.75) is 0 Å². The van der Waals surface area contributed by atoms with Crippen molar-refractivity contribution in [3.8, 4) is 0 Å². The molecule has 0 radical (unpaired) electrons. The predicted molar refractivity (Wildman–Crippen MR) is 27.8 cm³/mol. The van der Waals surface area contributed by atoms with E-state index in [4.69, 9.17) is 30.1 Å². The van der Waals surface area contributed by atoms with E-state index in [9.17, 15) is 9.13 Å². The van der Waals surface area contributed by atoms with Crippen LogP contribution in [0.4, 0.5) is 0 Å². The van der Waals surface area contributed by atoms with Crippen molar-refractivity contribution in [2.75, 3.05) is 0 Å². The second-order valence-corrected chi connectivity index (χ2v) is 3.68. The van der Waals surface area contributed by atoms with Gasteiger partial charge in [-0.15, -0.1) is 0 Å². The van der Waals surface area contributed by atoms with Crippen LogP contribution in [0, 0.1) is 0 Å². The van der Waals surface area contributed by atoms with Gasteiger partial charge in [-0.1, -0.05) is 0 Å². The molecule has 0 atom stereocenters. The molecule has 0 spiro atoms. The van der Waals surface area contributed by atoms with Gasteiger partial charge in [-0.3, -0.25) is 0 Å². The van der Waals surface area contributed by atoms with Gasteiger partial charge in [0.25, 0.3) is 0 Å². The van der Waals surface area contributed by atoms with Crippen LogP contribution in [0.2, 0.25) is 0 Å². The molecule has 0 saturated carbocycles. The van der Waals surface area contributed by atoms with Crippen LogP contribution in [0.5, 0.6) is 0 Å². The molecule has 0 rings (SSSR count). The molecule has 0 aliphatic heterocycles. The number of phosphoric acid groups is 2. The fourth-order valence-electron chi connectivity index (χ4n) is 0.139. The fraction of sp³-hybridized carbons (Fsp3) is 0. The van der Waals surface area contributed by atoms with Crippen molar-refractivity contribution in [1.29, 1.82) is 0 Å². The van der Waals surface area contributed by atoms with Crippen molar-refractivity contribution < 1.29 is 73.1 Å². The molecule has 0 amide bonds. The van der Waals surface area contributed by atoms with Crippen molar-refractivity contribution >= 4 is 15.6 Å². The summed E-state index contributed by atoms with van der Waals surface area (Å²) in [5, 5.41) is 13.0. The molecule has 70 valence electrons. The Bertz CT molecular complexity index is 153. The predicted octanol–water partition coefficient (Wildman–Crippen LogP) is -4.99. The van der Waals surface area contributed by atoms with Crippen LogP contribution in [-0.2, 0) is 13.4 Å². The van der Waals surface area contributed by atoms with Gasteiger partial charge in [0.15, 0.2) is 0 Å². The molecule has 12 heavy (non-hydrogen) atoms. The summed E-state index contributed by atoms with van der Waals surface area (Å²) in [4.78, 5) is 31.0. The van der Waals surface area contributed by atoms with Crippen molar-refractivity contribution in [2.24, 2.45) is 0 Å².